The second-order valence-electron chi connectivity index (χ2n) is 10.5. The number of anilines is 1. The predicted octanol–water partition coefficient (Wildman–Crippen LogP) is 3.62. The van der Waals surface area contributed by atoms with Gasteiger partial charge in [0.25, 0.3) is 5.91 Å². The fraction of sp³-hybridized carbons (Fsp3) is 0.520. The van der Waals surface area contributed by atoms with Gasteiger partial charge in [0, 0.05) is 30.7 Å². The fourth-order valence-electron chi connectivity index (χ4n) is 3.64. The summed E-state index contributed by atoms with van der Waals surface area (Å²) in [6.07, 6.45) is 1.02. The molecule has 1 aliphatic rings. The van der Waals surface area contributed by atoms with Gasteiger partial charge >= 0.3 is 5.69 Å². The van der Waals surface area contributed by atoms with E-state index in [9.17, 15) is 14.4 Å². The Labute approximate surface area is 207 Å². The number of aromatic nitrogens is 2. The first-order valence-electron chi connectivity index (χ1n) is 11.8. The van der Waals surface area contributed by atoms with Gasteiger partial charge in [-0.05, 0) is 37.2 Å². The van der Waals surface area contributed by atoms with E-state index in [1.165, 1.54) is 11.5 Å². The first-order chi connectivity index (χ1) is 16.3. The zero-order valence-corrected chi connectivity index (χ0v) is 22.5. The zero-order chi connectivity index (χ0) is 26.0. The van der Waals surface area contributed by atoms with Gasteiger partial charge in [0.15, 0.2) is 8.32 Å². The number of aryl methyl sites for hydroxylation is 1. The van der Waals surface area contributed by atoms with E-state index < -0.39 is 26.3 Å². The lowest BCUT2D eigenvalue weighted by atomic mass is 10.1. The van der Waals surface area contributed by atoms with Crippen molar-refractivity contribution >= 4 is 25.9 Å². The number of rotatable bonds is 7. The highest BCUT2D eigenvalue weighted by Gasteiger charge is 2.42. The third-order valence-corrected chi connectivity index (χ3v) is 11.3. The highest BCUT2D eigenvalue weighted by molar-refractivity contribution is 6.74. The number of carbonyl (C=O) groups is 2. The van der Waals surface area contributed by atoms with Crippen molar-refractivity contribution in [3.8, 4) is 0 Å². The van der Waals surface area contributed by atoms with Gasteiger partial charge < -0.3 is 19.8 Å². The summed E-state index contributed by atoms with van der Waals surface area (Å²) in [5.41, 5.74) is 0.547. The van der Waals surface area contributed by atoms with Crippen LogP contribution in [0.5, 0.6) is 0 Å². The molecule has 1 aliphatic heterocycles. The van der Waals surface area contributed by atoms with Crippen LogP contribution in [0.1, 0.15) is 56.3 Å². The van der Waals surface area contributed by atoms with Crippen molar-refractivity contribution in [2.45, 2.75) is 77.5 Å². The van der Waals surface area contributed by atoms with Gasteiger partial charge in [-0.1, -0.05) is 39.0 Å². The molecule has 2 N–H and O–H groups in total. The molecular weight excluding hydrogens is 464 g/mol. The number of nitrogens with one attached hydrogen (secondary N) is 2. The summed E-state index contributed by atoms with van der Waals surface area (Å²) in [7, 11) is -2.03. The summed E-state index contributed by atoms with van der Waals surface area (Å²) in [4.78, 5) is 41.3. The molecule has 0 unspecified atom stereocenters. The molecule has 9 nitrogen and oxygen atoms in total. The van der Waals surface area contributed by atoms with E-state index in [0.29, 0.717) is 24.2 Å². The normalized spacial score (nSPS) is 20.5. The molecule has 10 heteroatoms. The van der Waals surface area contributed by atoms with E-state index in [-0.39, 0.29) is 28.7 Å². The molecule has 3 rings (SSSR count). The quantitative estimate of drug-likeness (QED) is 0.562. The molecule has 190 valence electrons. The lowest BCUT2D eigenvalue weighted by Gasteiger charge is -2.37. The molecule has 2 aromatic rings. The Hall–Kier alpha value is -2.82. The van der Waals surface area contributed by atoms with Gasteiger partial charge in [-0.25, -0.2) is 4.79 Å². The van der Waals surface area contributed by atoms with E-state index in [1.54, 1.807) is 37.4 Å². The molecule has 1 aromatic heterocycles. The number of carbonyl (C=O) groups excluding carboxylic acids is 2. The van der Waals surface area contributed by atoms with Crippen LogP contribution in [0.3, 0.4) is 0 Å². The predicted molar refractivity (Wildman–Crippen MR) is 137 cm³/mol. The Kier molecular flexibility index (Phi) is 7.98. The van der Waals surface area contributed by atoms with Crippen LogP contribution in [0, 0.1) is 6.92 Å². The maximum Gasteiger partial charge on any atom is 0.351 e. The SMILES string of the molecule is CC(=O)N[C@@H]1C[C@H](n2cc(C)c(NC(=O)c3ccccc3)nc2=O)O[C@@H]1CO[Si](C)(C)C(C)(C)C. The van der Waals surface area contributed by atoms with E-state index >= 15 is 0 Å². The van der Waals surface area contributed by atoms with Crippen molar-refractivity contribution in [2.24, 2.45) is 0 Å². The first kappa shape index (κ1) is 26.8. The Balaban J connectivity index is 1.78. The van der Waals surface area contributed by atoms with Crippen LogP contribution < -0.4 is 16.3 Å². The van der Waals surface area contributed by atoms with Gasteiger partial charge in [0.05, 0.1) is 12.6 Å². The van der Waals surface area contributed by atoms with Crippen LogP contribution >= 0.6 is 0 Å². The topological polar surface area (TPSA) is 112 Å². The van der Waals surface area contributed by atoms with Gasteiger partial charge in [-0.3, -0.25) is 14.2 Å². The summed E-state index contributed by atoms with van der Waals surface area (Å²) < 4.78 is 14.0. The first-order valence-corrected chi connectivity index (χ1v) is 14.7. The van der Waals surface area contributed by atoms with Crippen molar-refractivity contribution in [2.75, 3.05) is 11.9 Å². The van der Waals surface area contributed by atoms with Crippen molar-refractivity contribution in [1.82, 2.24) is 14.9 Å². The minimum Gasteiger partial charge on any atom is -0.414 e. The fourth-order valence-corrected chi connectivity index (χ4v) is 4.66. The Morgan fingerprint density at radius 2 is 1.89 bits per heavy atom. The molecule has 1 fully saturated rings. The summed E-state index contributed by atoms with van der Waals surface area (Å²) in [5, 5.41) is 5.67. The van der Waals surface area contributed by atoms with E-state index in [0.717, 1.165) is 0 Å². The second-order valence-corrected chi connectivity index (χ2v) is 15.3. The third kappa shape index (κ3) is 6.44. The average molecular weight is 501 g/mol. The van der Waals surface area contributed by atoms with E-state index in [2.05, 4.69) is 49.5 Å². The van der Waals surface area contributed by atoms with Crippen LogP contribution in [0.4, 0.5) is 5.82 Å². The van der Waals surface area contributed by atoms with Crippen molar-refractivity contribution < 1.29 is 18.8 Å². The molecule has 1 aromatic carbocycles. The molecule has 0 spiro atoms. The maximum absolute atomic E-state index is 12.9. The third-order valence-electron chi connectivity index (χ3n) is 6.75. The van der Waals surface area contributed by atoms with Crippen LogP contribution in [-0.2, 0) is 14.0 Å². The minimum absolute atomic E-state index is 0.0342. The molecule has 35 heavy (non-hydrogen) atoms. The number of hydrogen-bond acceptors (Lipinski definition) is 6. The minimum atomic E-state index is -2.03. The Morgan fingerprint density at radius 3 is 2.49 bits per heavy atom. The molecule has 1 saturated heterocycles. The number of amides is 2. The summed E-state index contributed by atoms with van der Waals surface area (Å²) in [6.45, 7) is 14.4. The molecule has 0 radical (unpaired) electrons. The van der Waals surface area contributed by atoms with Crippen LogP contribution in [0.25, 0.3) is 0 Å². The molecular formula is C25H36N4O5Si. The molecule has 0 aliphatic carbocycles. The summed E-state index contributed by atoms with van der Waals surface area (Å²) in [6, 6.07) is 8.43. The van der Waals surface area contributed by atoms with Gasteiger partial charge in [0.1, 0.15) is 18.1 Å². The number of ether oxygens (including phenoxy) is 1. The lowest BCUT2D eigenvalue weighted by Crippen LogP contribution is -2.46. The smallest absolute Gasteiger partial charge is 0.351 e. The number of hydrogen-bond donors (Lipinski definition) is 2. The lowest BCUT2D eigenvalue weighted by molar-refractivity contribution is -0.120. The van der Waals surface area contributed by atoms with Crippen molar-refractivity contribution in [3.05, 3.63) is 58.1 Å². The van der Waals surface area contributed by atoms with Gasteiger partial charge in [0.2, 0.25) is 5.91 Å². The average Bonchev–Trinajstić information content (AvgIpc) is 3.16. The number of nitrogens with zero attached hydrogens (tertiary/aromatic N) is 2. The molecule has 2 heterocycles. The van der Waals surface area contributed by atoms with Crippen LogP contribution in [-0.4, -0.2) is 48.4 Å². The molecule has 0 bridgehead atoms. The van der Waals surface area contributed by atoms with Gasteiger partial charge in [-0.2, -0.15) is 4.98 Å². The summed E-state index contributed by atoms with van der Waals surface area (Å²) >= 11 is 0. The van der Waals surface area contributed by atoms with E-state index in [1.807, 2.05) is 6.07 Å². The Bertz CT molecular complexity index is 1130. The highest BCUT2D eigenvalue weighted by atomic mass is 28.4. The monoisotopic (exact) mass is 500 g/mol. The zero-order valence-electron chi connectivity index (χ0n) is 21.5. The van der Waals surface area contributed by atoms with Gasteiger partial charge in [-0.15, -0.1) is 0 Å². The van der Waals surface area contributed by atoms with Crippen molar-refractivity contribution in [3.63, 3.8) is 0 Å². The summed E-state index contributed by atoms with van der Waals surface area (Å²) in [5.74, 6) is -0.310. The standard InChI is InChI=1S/C25H36N4O5Si/c1-16-14-29(24(32)28-22(16)27-23(31)18-11-9-8-10-12-18)21-13-19(26-17(2)30)20(34-21)15-33-35(6,7)25(3,4)5/h8-12,14,19-21H,13,15H2,1-7H3,(H,26,30)(H,27,28,31,32)/t19-,20-,21-/m1/s1. The molecule has 0 saturated carbocycles. The maximum atomic E-state index is 12.9. The van der Waals surface area contributed by atoms with Crippen LogP contribution in [0.2, 0.25) is 18.1 Å². The van der Waals surface area contributed by atoms with Crippen LogP contribution in [0.15, 0.2) is 41.3 Å². The molecule has 2 amide bonds. The molecule has 3 atom stereocenters. The van der Waals surface area contributed by atoms with E-state index in [4.69, 9.17) is 9.16 Å². The van der Waals surface area contributed by atoms with Crippen molar-refractivity contribution in [1.29, 1.82) is 0 Å². The highest BCUT2D eigenvalue weighted by Crippen LogP contribution is 2.37. The number of benzene rings is 1. The largest absolute Gasteiger partial charge is 0.414 e. The Morgan fingerprint density at radius 1 is 1.23 bits per heavy atom. The second kappa shape index (κ2) is 10.4.